The van der Waals surface area contributed by atoms with Gasteiger partial charge in [-0.25, -0.2) is 0 Å². The highest BCUT2D eigenvalue weighted by Crippen LogP contribution is 2.46. The van der Waals surface area contributed by atoms with E-state index in [2.05, 4.69) is 65.3 Å². The Bertz CT molecular complexity index is 591. The molecule has 0 bridgehead atoms. The summed E-state index contributed by atoms with van der Waals surface area (Å²) >= 11 is 1.84. The van der Waals surface area contributed by atoms with Crippen LogP contribution in [0.5, 0.6) is 0 Å². The lowest BCUT2D eigenvalue weighted by atomic mass is 9.65. The van der Waals surface area contributed by atoms with E-state index in [4.69, 9.17) is 4.74 Å². The number of nitrogens with zero attached hydrogens (tertiary/aromatic N) is 3. The maximum absolute atomic E-state index is 5.54. The minimum atomic E-state index is 0.117. The predicted molar refractivity (Wildman–Crippen MR) is 105 cm³/mol. The van der Waals surface area contributed by atoms with Crippen LogP contribution in [0.2, 0.25) is 0 Å². The van der Waals surface area contributed by atoms with Crippen LogP contribution in [0, 0.1) is 5.41 Å². The van der Waals surface area contributed by atoms with E-state index in [0.717, 1.165) is 45.4 Å². The summed E-state index contributed by atoms with van der Waals surface area (Å²) in [7, 11) is 1.89. The lowest BCUT2D eigenvalue weighted by Crippen LogP contribution is -2.72. The molecule has 3 heterocycles. The number of rotatable bonds is 4. The molecule has 0 saturated carbocycles. The fraction of sp³-hybridized carbons (Fsp3) is 0.737. The van der Waals surface area contributed by atoms with E-state index < -0.39 is 0 Å². The standard InChI is InChI=1S/C19H32N4OS/c1-18(2)14-23(19(18,3)4)17(20-5)21-13-15(16-7-6-12-25-16)22-8-10-24-11-9-22/h6-7,12,15H,8-11,13-14H2,1-5H3,(H,20,21). The Morgan fingerprint density at radius 2 is 2.04 bits per heavy atom. The summed E-state index contributed by atoms with van der Waals surface area (Å²) in [6.45, 7) is 14.8. The van der Waals surface area contributed by atoms with E-state index in [9.17, 15) is 0 Å². The van der Waals surface area contributed by atoms with Gasteiger partial charge in [0.25, 0.3) is 0 Å². The van der Waals surface area contributed by atoms with Gasteiger partial charge in [0.2, 0.25) is 0 Å². The van der Waals surface area contributed by atoms with Crippen molar-refractivity contribution >= 4 is 17.3 Å². The van der Waals surface area contributed by atoms with Gasteiger partial charge in [-0.2, -0.15) is 0 Å². The largest absolute Gasteiger partial charge is 0.379 e. The molecule has 2 saturated heterocycles. The van der Waals surface area contributed by atoms with Crippen molar-refractivity contribution in [2.45, 2.75) is 39.3 Å². The van der Waals surface area contributed by atoms with Crippen molar-refractivity contribution in [2.24, 2.45) is 10.4 Å². The van der Waals surface area contributed by atoms with Crippen molar-refractivity contribution in [3.63, 3.8) is 0 Å². The van der Waals surface area contributed by atoms with Crippen LogP contribution in [-0.2, 0) is 4.74 Å². The Hall–Kier alpha value is -1.11. The number of nitrogens with one attached hydrogen (secondary N) is 1. The number of ether oxygens (including phenoxy) is 1. The van der Waals surface area contributed by atoms with Crippen LogP contribution >= 0.6 is 11.3 Å². The van der Waals surface area contributed by atoms with Crippen molar-refractivity contribution in [2.75, 3.05) is 46.4 Å². The van der Waals surface area contributed by atoms with Crippen molar-refractivity contribution in [1.82, 2.24) is 15.1 Å². The normalized spacial score (nSPS) is 24.7. The molecule has 0 amide bonds. The third-order valence-electron chi connectivity index (χ3n) is 6.16. The lowest BCUT2D eigenvalue weighted by Gasteiger charge is -2.62. The molecule has 1 atom stereocenters. The van der Waals surface area contributed by atoms with Crippen LogP contribution in [0.25, 0.3) is 0 Å². The van der Waals surface area contributed by atoms with E-state index in [-0.39, 0.29) is 5.54 Å². The molecule has 25 heavy (non-hydrogen) atoms. The molecule has 2 aliphatic heterocycles. The van der Waals surface area contributed by atoms with Gasteiger partial charge >= 0.3 is 0 Å². The highest BCUT2D eigenvalue weighted by molar-refractivity contribution is 7.10. The first-order valence-electron chi connectivity index (χ1n) is 9.20. The fourth-order valence-electron chi connectivity index (χ4n) is 3.66. The predicted octanol–water partition coefficient (Wildman–Crippen LogP) is 2.82. The summed E-state index contributed by atoms with van der Waals surface area (Å²) < 4.78 is 5.54. The molecule has 0 spiro atoms. The molecule has 6 heteroatoms. The SMILES string of the molecule is CN=C(NCC(c1cccs1)N1CCOCC1)N1CC(C)(C)C1(C)C. The molecule has 0 radical (unpaired) electrons. The minimum absolute atomic E-state index is 0.117. The highest BCUT2D eigenvalue weighted by Gasteiger charge is 2.53. The molecule has 1 N–H and O–H groups in total. The van der Waals surface area contributed by atoms with E-state index in [1.54, 1.807) is 0 Å². The van der Waals surface area contributed by atoms with Gasteiger partial charge in [0.05, 0.1) is 19.3 Å². The van der Waals surface area contributed by atoms with Crippen LogP contribution in [-0.4, -0.2) is 67.7 Å². The zero-order valence-corrected chi connectivity index (χ0v) is 17.0. The van der Waals surface area contributed by atoms with Gasteiger partial charge in [-0.3, -0.25) is 9.89 Å². The van der Waals surface area contributed by atoms with Crippen LogP contribution < -0.4 is 5.32 Å². The zero-order valence-electron chi connectivity index (χ0n) is 16.2. The number of aliphatic imine (C=N–C) groups is 1. The average Bonchev–Trinajstić information content (AvgIpc) is 3.12. The third-order valence-corrected chi connectivity index (χ3v) is 7.14. The maximum atomic E-state index is 5.54. The molecular weight excluding hydrogens is 332 g/mol. The quantitative estimate of drug-likeness (QED) is 0.659. The van der Waals surface area contributed by atoms with Crippen molar-refractivity contribution in [3.8, 4) is 0 Å². The van der Waals surface area contributed by atoms with Crippen LogP contribution in [0.15, 0.2) is 22.5 Å². The van der Waals surface area contributed by atoms with Gasteiger partial charge in [-0.05, 0) is 25.3 Å². The smallest absolute Gasteiger partial charge is 0.194 e. The number of hydrogen-bond donors (Lipinski definition) is 1. The maximum Gasteiger partial charge on any atom is 0.194 e. The highest BCUT2D eigenvalue weighted by atomic mass is 32.1. The molecule has 2 fully saturated rings. The number of likely N-dealkylation sites (tertiary alicyclic amines) is 1. The molecule has 3 rings (SSSR count). The van der Waals surface area contributed by atoms with Gasteiger partial charge in [-0.1, -0.05) is 19.9 Å². The summed E-state index contributed by atoms with van der Waals surface area (Å²) in [5.41, 5.74) is 0.425. The number of morpholine rings is 1. The van der Waals surface area contributed by atoms with Gasteiger partial charge in [0, 0.05) is 49.1 Å². The third kappa shape index (κ3) is 3.57. The Labute approximate surface area is 156 Å². The van der Waals surface area contributed by atoms with Crippen molar-refractivity contribution in [3.05, 3.63) is 22.4 Å². The molecule has 1 aromatic heterocycles. The van der Waals surface area contributed by atoms with Crippen molar-refractivity contribution in [1.29, 1.82) is 0 Å². The van der Waals surface area contributed by atoms with Gasteiger partial charge in [0.15, 0.2) is 5.96 Å². The van der Waals surface area contributed by atoms with Crippen LogP contribution in [0.3, 0.4) is 0 Å². The molecular formula is C19H32N4OS. The molecule has 0 aliphatic carbocycles. The second-order valence-electron chi connectivity index (χ2n) is 8.14. The van der Waals surface area contributed by atoms with Gasteiger partial charge in [-0.15, -0.1) is 11.3 Å². The second-order valence-corrected chi connectivity index (χ2v) is 9.12. The lowest BCUT2D eigenvalue weighted by molar-refractivity contribution is -0.0670. The molecule has 1 aromatic rings. The topological polar surface area (TPSA) is 40.1 Å². The minimum Gasteiger partial charge on any atom is -0.379 e. The summed E-state index contributed by atoms with van der Waals surface area (Å²) in [6.07, 6.45) is 0. The number of guanidine groups is 1. The summed E-state index contributed by atoms with van der Waals surface area (Å²) in [4.78, 5) is 10.9. The van der Waals surface area contributed by atoms with E-state index in [1.807, 2.05) is 18.4 Å². The average molecular weight is 365 g/mol. The number of hydrogen-bond acceptors (Lipinski definition) is 4. The van der Waals surface area contributed by atoms with Gasteiger partial charge < -0.3 is 15.0 Å². The molecule has 140 valence electrons. The zero-order chi connectivity index (χ0) is 18.1. The Kier molecular flexibility index (Phi) is 5.42. The number of thiophene rings is 1. The van der Waals surface area contributed by atoms with E-state index >= 15 is 0 Å². The van der Waals surface area contributed by atoms with Gasteiger partial charge in [0.1, 0.15) is 0 Å². The van der Waals surface area contributed by atoms with E-state index in [1.165, 1.54) is 4.88 Å². The molecule has 0 aromatic carbocycles. The molecule has 1 unspecified atom stereocenters. The summed E-state index contributed by atoms with van der Waals surface area (Å²) in [5.74, 6) is 1.01. The molecule has 5 nitrogen and oxygen atoms in total. The second kappa shape index (κ2) is 7.25. The first kappa shape index (κ1) is 18.7. The van der Waals surface area contributed by atoms with Crippen LogP contribution in [0.1, 0.15) is 38.6 Å². The Morgan fingerprint density at radius 3 is 2.56 bits per heavy atom. The summed E-state index contributed by atoms with van der Waals surface area (Å²) in [6, 6.07) is 4.76. The Morgan fingerprint density at radius 1 is 1.32 bits per heavy atom. The Balaban J connectivity index is 1.68. The van der Waals surface area contributed by atoms with E-state index in [0.29, 0.717) is 11.5 Å². The summed E-state index contributed by atoms with van der Waals surface area (Å²) in [5, 5.41) is 5.82. The first-order valence-corrected chi connectivity index (χ1v) is 10.1. The van der Waals surface area contributed by atoms with Crippen molar-refractivity contribution < 1.29 is 4.74 Å². The van der Waals surface area contributed by atoms with Crippen LogP contribution in [0.4, 0.5) is 0 Å². The molecule has 2 aliphatic rings. The fourth-order valence-corrected chi connectivity index (χ4v) is 4.52. The monoisotopic (exact) mass is 364 g/mol. The first-order chi connectivity index (χ1) is 11.9.